The Morgan fingerprint density at radius 1 is 1.00 bits per heavy atom. The second kappa shape index (κ2) is 14.7. The van der Waals surface area contributed by atoms with E-state index in [9.17, 15) is 4.79 Å². The molecule has 1 aliphatic rings. The van der Waals surface area contributed by atoms with Crippen LogP contribution >= 0.6 is 27.5 Å². The zero-order valence-electron chi connectivity index (χ0n) is 24.1. The van der Waals surface area contributed by atoms with Gasteiger partial charge in [-0.3, -0.25) is 10.2 Å². The molecule has 3 N–H and O–H groups in total. The maximum atomic E-state index is 14.4. The molecule has 44 heavy (non-hydrogen) atoms. The number of methoxy groups -OCH3 is 1. The van der Waals surface area contributed by atoms with Crippen molar-refractivity contribution in [3.63, 3.8) is 0 Å². The minimum atomic E-state index is -1.41. The highest BCUT2D eigenvalue weighted by atomic mass is 79.9. The normalized spacial score (nSPS) is 17.5. The van der Waals surface area contributed by atoms with Gasteiger partial charge in [0.25, 0.3) is 5.91 Å². The second-order valence-corrected chi connectivity index (χ2v) is 11.5. The van der Waals surface area contributed by atoms with Crippen LogP contribution < -0.4 is 20.3 Å². The highest BCUT2D eigenvalue weighted by Crippen LogP contribution is 2.44. The average molecular weight is 679 g/mol. The molecule has 228 valence electrons. The molecule has 4 aromatic rings. The van der Waals surface area contributed by atoms with Crippen molar-refractivity contribution in [2.24, 2.45) is 4.99 Å². The van der Waals surface area contributed by atoms with Gasteiger partial charge in [0.1, 0.15) is 11.5 Å². The molecule has 0 aromatic heterocycles. The molecular formula is C34H33BrClN3O5. The van der Waals surface area contributed by atoms with E-state index in [1.54, 1.807) is 13.2 Å². The van der Waals surface area contributed by atoms with Gasteiger partial charge in [0, 0.05) is 41.1 Å². The summed E-state index contributed by atoms with van der Waals surface area (Å²) in [6, 6.07) is 30.0. The van der Waals surface area contributed by atoms with Gasteiger partial charge in [-0.05, 0) is 65.2 Å². The summed E-state index contributed by atoms with van der Waals surface area (Å²) < 4.78 is 18.7. The highest BCUT2D eigenvalue weighted by Gasteiger charge is 2.53. The zero-order valence-corrected chi connectivity index (χ0v) is 26.5. The first kappa shape index (κ1) is 31.5. The molecular weight excluding hydrogens is 646 g/mol. The fraction of sp³-hybridized carbons (Fsp3) is 0.235. The maximum absolute atomic E-state index is 14.4. The third-order valence-corrected chi connectivity index (χ3v) is 8.43. The average Bonchev–Trinajstić information content (AvgIpc) is 3.44. The van der Waals surface area contributed by atoms with Crippen molar-refractivity contribution < 1.29 is 24.1 Å². The minimum absolute atomic E-state index is 0.0588. The molecule has 0 radical (unpaired) electrons. The number of halogens is 2. The highest BCUT2D eigenvalue weighted by molar-refractivity contribution is 9.10. The van der Waals surface area contributed by atoms with Crippen LogP contribution in [0.2, 0.25) is 5.02 Å². The third-order valence-electron chi connectivity index (χ3n) is 7.28. The predicted molar refractivity (Wildman–Crippen MR) is 174 cm³/mol. The van der Waals surface area contributed by atoms with E-state index in [4.69, 9.17) is 35.9 Å². The summed E-state index contributed by atoms with van der Waals surface area (Å²) in [5.74, 6) is 1.25. The van der Waals surface area contributed by atoms with Gasteiger partial charge in [-0.1, -0.05) is 76.1 Å². The van der Waals surface area contributed by atoms with Crippen LogP contribution in [0.15, 0.2) is 107 Å². The fourth-order valence-electron chi connectivity index (χ4n) is 4.99. The number of nitrogens with one attached hydrogen (secondary N) is 2. The predicted octanol–water partition coefficient (Wildman–Crippen LogP) is 6.19. The number of ether oxygens (including phenoxy) is 3. The number of nitrogens with zero attached hydrogens (tertiary/aromatic N) is 1. The Bertz CT molecular complexity index is 1620. The molecule has 5 rings (SSSR count). The Morgan fingerprint density at radius 3 is 2.48 bits per heavy atom. The lowest BCUT2D eigenvalue weighted by Gasteiger charge is -2.31. The van der Waals surface area contributed by atoms with Gasteiger partial charge < -0.3 is 19.3 Å². The molecule has 4 aromatic carbocycles. The number of carbonyl (C=O) groups is 1. The summed E-state index contributed by atoms with van der Waals surface area (Å²) in [7, 11) is 1.60. The van der Waals surface area contributed by atoms with E-state index in [-0.39, 0.29) is 18.9 Å². The quantitative estimate of drug-likeness (QED) is 0.115. The lowest BCUT2D eigenvalue weighted by molar-refractivity contribution is -0.130. The first-order valence-electron chi connectivity index (χ1n) is 14.2. The number of rotatable bonds is 13. The molecule has 1 aliphatic heterocycles. The smallest absolute Gasteiger partial charge is 0.266 e. The standard InChI is InChI=1S/C34H33BrClN3O5/c1-42-28-11-6-10-24(20-28)31-34(21-25-8-2-4-12-29(25)35,33(41)39-37-22-26-9-3-5-13-30(26)36)38-32(44-31)23-14-16-27(17-15-23)43-19-7-18-40/h2-6,8-17,20,31,37,40H,7,18-19,21-22H2,1H3,(H,39,41)/t31-,34-/m0/s1. The molecule has 1 amide bonds. The molecule has 0 unspecified atom stereocenters. The van der Waals surface area contributed by atoms with E-state index in [0.717, 1.165) is 21.2 Å². The van der Waals surface area contributed by atoms with Crippen LogP contribution in [-0.4, -0.2) is 42.8 Å². The summed E-state index contributed by atoms with van der Waals surface area (Å²) in [5, 5.41) is 9.66. The van der Waals surface area contributed by atoms with Crippen molar-refractivity contribution in [3.05, 3.63) is 129 Å². The number of hydrazine groups is 1. The van der Waals surface area contributed by atoms with Gasteiger partial charge in [-0.15, -0.1) is 0 Å². The summed E-state index contributed by atoms with van der Waals surface area (Å²) in [4.78, 5) is 19.5. The van der Waals surface area contributed by atoms with Crippen molar-refractivity contribution in [2.45, 2.75) is 31.0 Å². The number of benzene rings is 4. The Balaban J connectivity index is 1.54. The van der Waals surface area contributed by atoms with Crippen molar-refractivity contribution in [1.82, 2.24) is 10.9 Å². The lowest BCUT2D eigenvalue weighted by atomic mass is 9.82. The number of carbonyl (C=O) groups excluding carboxylic acids is 1. The van der Waals surface area contributed by atoms with Crippen LogP contribution in [0.5, 0.6) is 11.5 Å². The number of hydrogen-bond acceptors (Lipinski definition) is 7. The Hall–Kier alpha value is -3.89. The van der Waals surface area contributed by atoms with Gasteiger partial charge in [-0.25, -0.2) is 10.4 Å². The zero-order chi connectivity index (χ0) is 30.9. The SMILES string of the molecule is COc1cccc([C@@H]2OC(c3ccc(OCCCO)cc3)=N[C@]2(Cc2ccccc2Br)C(=O)NNCc2ccccc2Cl)c1. The van der Waals surface area contributed by atoms with Crippen molar-refractivity contribution >= 4 is 39.3 Å². The summed E-state index contributed by atoms with van der Waals surface area (Å²) in [5.41, 5.74) is 7.70. The van der Waals surface area contributed by atoms with Crippen molar-refractivity contribution in [1.29, 1.82) is 0 Å². The molecule has 2 atom stereocenters. The van der Waals surface area contributed by atoms with E-state index >= 15 is 0 Å². The molecule has 1 heterocycles. The monoisotopic (exact) mass is 677 g/mol. The van der Waals surface area contributed by atoms with Gasteiger partial charge in [0.2, 0.25) is 5.90 Å². The number of hydrogen-bond donors (Lipinski definition) is 3. The summed E-state index contributed by atoms with van der Waals surface area (Å²) in [6.45, 7) is 0.778. The number of aliphatic hydroxyl groups is 1. The van der Waals surface area contributed by atoms with Crippen molar-refractivity contribution in [3.8, 4) is 11.5 Å². The first-order valence-corrected chi connectivity index (χ1v) is 15.4. The van der Waals surface area contributed by atoms with Crippen LogP contribution in [-0.2, 0) is 22.5 Å². The molecule has 0 saturated heterocycles. The van der Waals surface area contributed by atoms with Crippen LogP contribution in [0.4, 0.5) is 0 Å². The minimum Gasteiger partial charge on any atom is -0.497 e. The fourth-order valence-corrected chi connectivity index (χ4v) is 5.62. The maximum Gasteiger partial charge on any atom is 0.266 e. The Morgan fingerprint density at radius 2 is 1.75 bits per heavy atom. The number of aliphatic hydroxyl groups excluding tert-OH is 1. The van der Waals surface area contributed by atoms with Crippen LogP contribution in [0, 0.1) is 0 Å². The lowest BCUT2D eigenvalue weighted by Crippen LogP contribution is -2.53. The first-order chi connectivity index (χ1) is 21.4. The molecule has 0 saturated carbocycles. The number of aliphatic imine (C=N–C) groups is 1. The van der Waals surface area contributed by atoms with Gasteiger partial charge >= 0.3 is 0 Å². The largest absolute Gasteiger partial charge is 0.497 e. The Labute approximate surface area is 270 Å². The summed E-state index contributed by atoms with van der Waals surface area (Å²) >= 11 is 10.0. The van der Waals surface area contributed by atoms with E-state index in [2.05, 4.69) is 26.8 Å². The van der Waals surface area contributed by atoms with E-state index in [1.165, 1.54) is 0 Å². The topological polar surface area (TPSA) is 101 Å². The molecule has 0 aliphatic carbocycles. The van der Waals surface area contributed by atoms with Gasteiger partial charge in [0.05, 0.1) is 13.7 Å². The molecule has 0 fully saturated rings. The van der Waals surface area contributed by atoms with E-state index in [0.29, 0.717) is 47.6 Å². The van der Waals surface area contributed by atoms with Crippen LogP contribution in [0.1, 0.15) is 34.8 Å². The van der Waals surface area contributed by atoms with Crippen LogP contribution in [0.3, 0.4) is 0 Å². The van der Waals surface area contributed by atoms with E-state index < -0.39 is 11.6 Å². The molecule has 8 nitrogen and oxygen atoms in total. The molecule has 0 bridgehead atoms. The van der Waals surface area contributed by atoms with Gasteiger partial charge in [0.15, 0.2) is 11.6 Å². The van der Waals surface area contributed by atoms with Gasteiger partial charge in [-0.2, -0.15) is 0 Å². The van der Waals surface area contributed by atoms with Crippen LogP contribution in [0.25, 0.3) is 0 Å². The molecule has 10 heteroatoms. The van der Waals surface area contributed by atoms with E-state index in [1.807, 2.05) is 91.0 Å². The van der Waals surface area contributed by atoms with Crippen molar-refractivity contribution in [2.75, 3.05) is 20.3 Å². The third kappa shape index (κ3) is 7.25. The number of amides is 1. The second-order valence-electron chi connectivity index (χ2n) is 10.2. The molecule has 0 spiro atoms. The Kier molecular flexibility index (Phi) is 10.6. The summed E-state index contributed by atoms with van der Waals surface area (Å²) in [6.07, 6.45) is -0.0130.